The van der Waals surface area contributed by atoms with Gasteiger partial charge in [-0.2, -0.15) is 0 Å². The van der Waals surface area contributed by atoms with Crippen molar-refractivity contribution in [1.29, 1.82) is 0 Å². The van der Waals surface area contributed by atoms with Gasteiger partial charge in [-0.15, -0.1) is 0 Å². The van der Waals surface area contributed by atoms with Crippen LogP contribution in [0.2, 0.25) is 10.0 Å². The van der Waals surface area contributed by atoms with Crippen LogP contribution in [0.5, 0.6) is 0 Å². The molecule has 1 heterocycles. The first kappa shape index (κ1) is 14.1. The van der Waals surface area contributed by atoms with Gasteiger partial charge >= 0.3 is 0 Å². The van der Waals surface area contributed by atoms with E-state index in [9.17, 15) is 0 Å². The van der Waals surface area contributed by atoms with Gasteiger partial charge in [0.15, 0.2) is 0 Å². The van der Waals surface area contributed by atoms with Gasteiger partial charge in [0.25, 0.3) is 0 Å². The van der Waals surface area contributed by atoms with Gasteiger partial charge in [0.1, 0.15) is 6.67 Å². The molecule has 0 saturated carbocycles. The number of hydrazine groups is 1. The predicted octanol–water partition coefficient (Wildman–Crippen LogP) is 4.57. The minimum atomic E-state index is 0.636. The zero-order chi connectivity index (χ0) is 14.8. The summed E-state index contributed by atoms with van der Waals surface area (Å²) in [4.78, 5) is 0. The predicted molar refractivity (Wildman–Crippen MR) is 89.0 cm³/mol. The third-order valence-corrected chi connectivity index (χ3v) is 3.92. The molecule has 0 aromatic heterocycles. The first-order valence-corrected chi connectivity index (χ1v) is 7.40. The smallest absolute Gasteiger partial charge is 0.108 e. The molecule has 0 spiro atoms. The Labute approximate surface area is 134 Å². The summed E-state index contributed by atoms with van der Waals surface area (Å²) >= 11 is 12.3. The van der Waals surface area contributed by atoms with E-state index in [0.29, 0.717) is 16.7 Å². The number of halogens is 2. The quantitative estimate of drug-likeness (QED) is 0.867. The number of anilines is 1. The lowest BCUT2D eigenvalue weighted by Crippen LogP contribution is -2.29. The van der Waals surface area contributed by atoms with E-state index in [4.69, 9.17) is 23.2 Å². The molecule has 2 aromatic carbocycles. The molecule has 5 heteroatoms. The SMILES string of the molecule is CC1=C(c2ccccc2)N(Nc2cc(Cl)ccc2Cl)CN1. The molecular weight excluding hydrogens is 305 g/mol. The van der Waals surface area contributed by atoms with Crippen LogP contribution in [-0.2, 0) is 0 Å². The minimum absolute atomic E-state index is 0.636. The molecule has 0 saturated heterocycles. The summed E-state index contributed by atoms with van der Waals surface area (Å²) in [6.45, 7) is 2.72. The third kappa shape index (κ3) is 2.94. The Hall–Kier alpha value is -1.84. The van der Waals surface area contributed by atoms with Crippen molar-refractivity contribution in [2.75, 3.05) is 12.1 Å². The van der Waals surface area contributed by atoms with E-state index in [1.54, 1.807) is 12.1 Å². The Balaban J connectivity index is 1.91. The van der Waals surface area contributed by atoms with Crippen molar-refractivity contribution < 1.29 is 0 Å². The molecule has 0 bridgehead atoms. The monoisotopic (exact) mass is 319 g/mol. The Morgan fingerprint density at radius 1 is 1.10 bits per heavy atom. The summed E-state index contributed by atoms with van der Waals surface area (Å²) in [5.74, 6) is 0. The van der Waals surface area contributed by atoms with Crippen LogP contribution in [0.4, 0.5) is 5.69 Å². The van der Waals surface area contributed by atoms with Crippen LogP contribution in [0.15, 0.2) is 54.2 Å². The van der Waals surface area contributed by atoms with Crippen molar-refractivity contribution in [2.45, 2.75) is 6.92 Å². The Morgan fingerprint density at radius 2 is 1.86 bits per heavy atom. The lowest BCUT2D eigenvalue weighted by molar-refractivity contribution is 0.483. The Kier molecular flexibility index (Phi) is 3.95. The molecule has 0 unspecified atom stereocenters. The number of benzene rings is 2. The number of allylic oxidation sites excluding steroid dienone is 1. The van der Waals surface area contributed by atoms with E-state index >= 15 is 0 Å². The highest BCUT2D eigenvalue weighted by atomic mass is 35.5. The van der Waals surface area contributed by atoms with Gasteiger partial charge < -0.3 is 5.32 Å². The van der Waals surface area contributed by atoms with Crippen molar-refractivity contribution in [3.8, 4) is 0 Å². The van der Waals surface area contributed by atoms with Crippen LogP contribution >= 0.6 is 23.2 Å². The van der Waals surface area contributed by atoms with E-state index in [-0.39, 0.29) is 0 Å². The fourth-order valence-electron chi connectivity index (χ4n) is 2.36. The first-order valence-electron chi connectivity index (χ1n) is 6.64. The van der Waals surface area contributed by atoms with Crippen molar-refractivity contribution in [1.82, 2.24) is 10.3 Å². The van der Waals surface area contributed by atoms with Crippen LogP contribution in [0, 0.1) is 0 Å². The maximum absolute atomic E-state index is 6.22. The summed E-state index contributed by atoms with van der Waals surface area (Å²) < 4.78 is 0. The summed E-state index contributed by atoms with van der Waals surface area (Å²) in [7, 11) is 0. The van der Waals surface area contributed by atoms with E-state index in [1.807, 2.05) is 29.3 Å². The molecule has 0 amide bonds. The molecule has 1 aliphatic rings. The maximum atomic E-state index is 6.22. The van der Waals surface area contributed by atoms with Gasteiger partial charge in [0.05, 0.1) is 16.4 Å². The molecule has 0 fully saturated rings. The van der Waals surface area contributed by atoms with Gasteiger partial charge in [-0.1, -0.05) is 53.5 Å². The molecule has 2 N–H and O–H groups in total. The van der Waals surface area contributed by atoms with Crippen LogP contribution in [0.1, 0.15) is 12.5 Å². The fraction of sp³-hybridized carbons (Fsp3) is 0.125. The Bertz CT molecular complexity index is 683. The van der Waals surface area contributed by atoms with Gasteiger partial charge in [0.2, 0.25) is 0 Å². The highest BCUT2D eigenvalue weighted by molar-refractivity contribution is 6.35. The minimum Gasteiger partial charge on any atom is -0.368 e. The second kappa shape index (κ2) is 5.88. The second-order valence-corrected chi connectivity index (χ2v) is 5.68. The zero-order valence-electron chi connectivity index (χ0n) is 11.5. The van der Waals surface area contributed by atoms with Crippen LogP contribution in [0.25, 0.3) is 5.70 Å². The van der Waals surface area contributed by atoms with Crippen LogP contribution in [0.3, 0.4) is 0 Å². The normalized spacial score (nSPS) is 14.3. The van der Waals surface area contributed by atoms with E-state index < -0.39 is 0 Å². The lowest BCUT2D eigenvalue weighted by atomic mass is 10.1. The number of rotatable bonds is 3. The number of hydrogen-bond acceptors (Lipinski definition) is 3. The highest BCUT2D eigenvalue weighted by Crippen LogP contribution is 2.30. The van der Waals surface area contributed by atoms with E-state index in [1.165, 1.54) is 0 Å². The summed E-state index contributed by atoms with van der Waals surface area (Å²) in [6.07, 6.45) is 0. The third-order valence-electron chi connectivity index (χ3n) is 3.36. The first-order chi connectivity index (χ1) is 10.1. The molecule has 2 aromatic rings. The van der Waals surface area contributed by atoms with Gasteiger partial charge in [0, 0.05) is 16.3 Å². The fourth-order valence-corrected chi connectivity index (χ4v) is 2.69. The van der Waals surface area contributed by atoms with Crippen LogP contribution in [-0.4, -0.2) is 11.7 Å². The van der Waals surface area contributed by atoms with Crippen molar-refractivity contribution >= 4 is 34.6 Å². The van der Waals surface area contributed by atoms with Gasteiger partial charge in [-0.25, -0.2) is 0 Å². The summed E-state index contributed by atoms with van der Waals surface area (Å²) in [5, 5.41) is 6.65. The number of hydrogen-bond donors (Lipinski definition) is 2. The van der Waals surface area contributed by atoms with Crippen molar-refractivity contribution in [2.24, 2.45) is 0 Å². The molecule has 108 valence electrons. The molecule has 3 nitrogen and oxygen atoms in total. The average molecular weight is 320 g/mol. The van der Waals surface area contributed by atoms with Crippen LogP contribution < -0.4 is 10.7 Å². The molecule has 21 heavy (non-hydrogen) atoms. The largest absolute Gasteiger partial charge is 0.368 e. The zero-order valence-corrected chi connectivity index (χ0v) is 13.0. The lowest BCUT2D eigenvalue weighted by Gasteiger charge is -2.24. The maximum Gasteiger partial charge on any atom is 0.108 e. The van der Waals surface area contributed by atoms with Crippen molar-refractivity contribution in [3.63, 3.8) is 0 Å². The molecule has 0 aliphatic carbocycles. The number of nitrogens with zero attached hydrogens (tertiary/aromatic N) is 1. The number of nitrogens with one attached hydrogen (secondary N) is 2. The molecule has 0 atom stereocenters. The van der Waals surface area contributed by atoms with Crippen molar-refractivity contribution in [3.05, 3.63) is 69.8 Å². The molecule has 1 aliphatic heterocycles. The standard InChI is InChI=1S/C16H15Cl2N3/c1-11-16(12-5-3-2-4-6-12)21(10-19-11)20-15-9-13(17)7-8-14(15)18/h2-9,19-20H,10H2,1H3. The topological polar surface area (TPSA) is 27.3 Å². The molecule has 3 rings (SSSR count). The summed E-state index contributed by atoms with van der Waals surface area (Å²) in [5.41, 5.74) is 7.48. The average Bonchev–Trinajstić information content (AvgIpc) is 2.85. The highest BCUT2D eigenvalue weighted by Gasteiger charge is 2.21. The van der Waals surface area contributed by atoms with E-state index in [0.717, 1.165) is 22.6 Å². The molecule has 0 radical (unpaired) electrons. The summed E-state index contributed by atoms with van der Waals surface area (Å²) in [6, 6.07) is 15.6. The van der Waals surface area contributed by atoms with Gasteiger partial charge in [-0.3, -0.25) is 10.4 Å². The Morgan fingerprint density at radius 3 is 2.62 bits per heavy atom. The second-order valence-electron chi connectivity index (χ2n) is 4.84. The van der Waals surface area contributed by atoms with E-state index in [2.05, 4.69) is 29.8 Å². The molecular formula is C16H15Cl2N3. The van der Waals surface area contributed by atoms with Gasteiger partial charge in [-0.05, 0) is 25.1 Å².